The van der Waals surface area contributed by atoms with Crippen LogP contribution in [0.4, 0.5) is 0 Å². The first-order chi connectivity index (χ1) is 10.3. The molecule has 3 fully saturated rings. The molecule has 0 bridgehead atoms. The summed E-state index contributed by atoms with van der Waals surface area (Å²) in [6.45, 7) is 5.92. The second-order valence-corrected chi connectivity index (χ2v) is 7.12. The van der Waals surface area contributed by atoms with E-state index < -0.39 is 0 Å². The van der Waals surface area contributed by atoms with Crippen LogP contribution in [-0.2, 0) is 4.74 Å². The average molecular weight is 307 g/mol. The predicted octanol–water partition coefficient (Wildman–Crippen LogP) is 1.33. The highest BCUT2D eigenvalue weighted by Gasteiger charge is 2.43. The number of likely N-dealkylation sites (tertiary alicyclic amines) is 2. The van der Waals surface area contributed by atoms with Gasteiger partial charge in [-0.15, -0.1) is 11.3 Å². The molecule has 3 aliphatic rings. The van der Waals surface area contributed by atoms with E-state index in [9.17, 15) is 4.79 Å². The van der Waals surface area contributed by atoms with Crippen LogP contribution in [0.25, 0.3) is 0 Å². The van der Waals surface area contributed by atoms with Crippen molar-refractivity contribution in [2.75, 3.05) is 39.4 Å². The molecule has 3 saturated heterocycles. The zero-order valence-electron chi connectivity index (χ0n) is 12.1. The molecule has 0 radical (unpaired) electrons. The molecular formula is C15H21N3O2S. The molecule has 4 heterocycles. The van der Waals surface area contributed by atoms with E-state index in [1.807, 2.05) is 10.3 Å². The van der Waals surface area contributed by atoms with E-state index in [0.29, 0.717) is 23.6 Å². The second-order valence-electron chi connectivity index (χ2n) is 6.40. The lowest BCUT2D eigenvalue weighted by atomic mass is 10.0. The number of nitrogens with zero attached hydrogens (tertiary/aromatic N) is 3. The number of hydrogen-bond donors (Lipinski definition) is 0. The first-order valence-electron chi connectivity index (χ1n) is 7.80. The topological polar surface area (TPSA) is 45.7 Å². The molecule has 0 unspecified atom stereocenters. The summed E-state index contributed by atoms with van der Waals surface area (Å²) >= 11 is 1.49. The highest BCUT2D eigenvalue weighted by Crippen LogP contribution is 2.34. The summed E-state index contributed by atoms with van der Waals surface area (Å²) in [6, 6.07) is 0.701. The van der Waals surface area contributed by atoms with Gasteiger partial charge in [-0.2, -0.15) is 0 Å². The number of hydrogen-bond acceptors (Lipinski definition) is 5. The van der Waals surface area contributed by atoms with Crippen LogP contribution >= 0.6 is 11.3 Å². The predicted molar refractivity (Wildman–Crippen MR) is 80.4 cm³/mol. The van der Waals surface area contributed by atoms with Crippen LogP contribution in [-0.4, -0.2) is 66.1 Å². The third-order valence-electron chi connectivity index (χ3n) is 5.16. The van der Waals surface area contributed by atoms with Gasteiger partial charge in [0, 0.05) is 50.8 Å². The van der Waals surface area contributed by atoms with Crippen molar-refractivity contribution >= 4 is 17.2 Å². The minimum absolute atomic E-state index is 0.114. The zero-order chi connectivity index (χ0) is 14.2. The van der Waals surface area contributed by atoms with Gasteiger partial charge >= 0.3 is 0 Å². The van der Waals surface area contributed by atoms with E-state index in [-0.39, 0.29) is 5.91 Å². The van der Waals surface area contributed by atoms with Crippen LogP contribution in [0.1, 0.15) is 23.3 Å². The van der Waals surface area contributed by atoms with Gasteiger partial charge in [-0.05, 0) is 24.7 Å². The lowest BCUT2D eigenvalue weighted by Crippen LogP contribution is -2.40. The molecule has 0 spiro atoms. The Morgan fingerprint density at radius 3 is 2.52 bits per heavy atom. The summed E-state index contributed by atoms with van der Waals surface area (Å²) in [5.74, 6) is 1.41. The highest BCUT2D eigenvalue weighted by atomic mass is 32.1. The van der Waals surface area contributed by atoms with Gasteiger partial charge in [0.05, 0.1) is 5.51 Å². The third kappa shape index (κ3) is 2.60. The van der Waals surface area contributed by atoms with Crippen LogP contribution in [0.3, 0.4) is 0 Å². The molecule has 6 heteroatoms. The summed E-state index contributed by atoms with van der Waals surface area (Å²) in [6.07, 6.45) is 2.34. The van der Waals surface area contributed by atoms with Gasteiger partial charge in [-0.25, -0.2) is 4.98 Å². The Kier molecular flexibility index (Phi) is 3.69. The Hall–Kier alpha value is -0.980. The Morgan fingerprint density at radius 2 is 1.90 bits per heavy atom. The monoisotopic (exact) mass is 307 g/mol. The molecular weight excluding hydrogens is 286 g/mol. The van der Waals surface area contributed by atoms with E-state index in [0.717, 1.165) is 39.4 Å². The summed E-state index contributed by atoms with van der Waals surface area (Å²) in [5.41, 5.74) is 2.35. The lowest BCUT2D eigenvalue weighted by Gasteiger charge is -2.32. The van der Waals surface area contributed by atoms with Crippen molar-refractivity contribution in [3.63, 3.8) is 0 Å². The van der Waals surface area contributed by atoms with Gasteiger partial charge in [0.1, 0.15) is 5.69 Å². The van der Waals surface area contributed by atoms with Crippen molar-refractivity contribution in [1.82, 2.24) is 14.8 Å². The average Bonchev–Trinajstić information content (AvgIpc) is 3.23. The van der Waals surface area contributed by atoms with Crippen molar-refractivity contribution < 1.29 is 9.53 Å². The zero-order valence-corrected chi connectivity index (χ0v) is 12.9. The van der Waals surface area contributed by atoms with E-state index in [1.54, 1.807) is 5.51 Å². The number of carbonyl (C=O) groups excluding carboxylic acids is 1. The smallest absolute Gasteiger partial charge is 0.273 e. The molecule has 0 aromatic carbocycles. The molecule has 1 aromatic rings. The maximum absolute atomic E-state index is 12.4. The van der Waals surface area contributed by atoms with Gasteiger partial charge in [0.2, 0.25) is 0 Å². The maximum atomic E-state index is 12.4. The molecule has 4 rings (SSSR count). The summed E-state index contributed by atoms with van der Waals surface area (Å²) in [4.78, 5) is 21.2. The second kappa shape index (κ2) is 5.66. The number of carbonyl (C=O) groups is 1. The van der Waals surface area contributed by atoms with Crippen molar-refractivity contribution in [3.8, 4) is 0 Å². The number of ether oxygens (including phenoxy) is 1. The molecule has 0 aliphatic carbocycles. The van der Waals surface area contributed by atoms with E-state index in [4.69, 9.17) is 4.74 Å². The van der Waals surface area contributed by atoms with E-state index >= 15 is 0 Å². The minimum Gasteiger partial charge on any atom is -0.381 e. The molecule has 2 atom stereocenters. The largest absolute Gasteiger partial charge is 0.381 e. The molecule has 3 aliphatic heterocycles. The van der Waals surface area contributed by atoms with Gasteiger partial charge in [0.25, 0.3) is 5.91 Å². The maximum Gasteiger partial charge on any atom is 0.273 e. The van der Waals surface area contributed by atoms with Gasteiger partial charge in [0.15, 0.2) is 0 Å². The standard InChI is InChI=1S/C15H21N3O2S/c19-15(14-9-21-10-16-14)18-7-11-5-17(6-12(11)8-18)13-1-3-20-4-2-13/h9-13H,1-8H2/t11-,12+. The molecule has 5 nitrogen and oxygen atoms in total. The minimum atomic E-state index is 0.114. The fourth-order valence-electron chi connectivity index (χ4n) is 4.02. The fraction of sp³-hybridized carbons (Fsp3) is 0.733. The molecule has 0 saturated carbocycles. The SMILES string of the molecule is O=C(c1cscn1)N1C[C@@H]2CN(C3CCOCC3)C[C@@H]2C1. The lowest BCUT2D eigenvalue weighted by molar-refractivity contribution is 0.0382. The fourth-order valence-corrected chi connectivity index (χ4v) is 4.55. The van der Waals surface area contributed by atoms with E-state index in [1.165, 1.54) is 24.2 Å². The van der Waals surface area contributed by atoms with Crippen LogP contribution in [0, 0.1) is 11.8 Å². The van der Waals surface area contributed by atoms with Crippen LogP contribution < -0.4 is 0 Å². The van der Waals surface area contributed by atoms with E-state index in [2.05, 4.69) is 9.88 Å². The molecule has 1 amide bonds. The first kappa shape index (κ1) is 13.7. The normalized spacial score (nSPS) is 30.8. The van der Waals surface area contributed by atoms with Crippen LogP contribution in [0.15, 0.2) is 10.9 Å². The first-order valence-corrected chi connectivity index (χ1v) is 8.75. The molecule has 1 aromatic heterocycles. The number of amides is 1. The number of thiazole rings is 1. The number of aromatic nitrogens is 1. The Morgan fingerprint density at radius 1 is 1.19 bits per heavy atom. The van der Waals surface area contributed by atoms with Gasteiger partial charge < -0.3 is 9.64 Å². The number of rotatable bonds is 2. The van der Waals surface area contributed by atoms with Gasteiger partial charge in [-0.3, -0.25) is 9.69 Å². The molecule has 21 heavy (non-hydrogen) atoms. The van der Waals surface area contributed by atoms with Crippen molar-refractivity contribution in [2.24, 2.45) is 11.8 Å². The Labute approximate surface area is 128 Å². The molecule has 0 N–H and O–H groups in total. The quantitative estimate of drug-likeness (QED) is 0.827. The van der Waals surface area contributed by atoms with Crippen LogP contribution in [0.2, 0.25) is 0 Å². The highest BCUT2D eigenvalue weighted by molar-refractivity contribution is 7.07. The third-order valence-corrected chi connectivity index (χ3v) is 5.75. The summed E-state index contributed by atoms with van der Waals surface area (Å²) in [7, 11) is 0. The summed E-state index contributed by atoms with van der Waals surface area (Å²) < 4.78 is 5.46. The van der Waals surface area contributed by atoms with Crippen molar-refractivity contribution in [3.05, 3.63) is 16.6 Å². The number of fused-ring (bicyclic) bond motifs is 1. The summed E-state index contributed by atoms with van der Waals surface area (Å²) in [5, 5.41) is 1.85. The van der Waals surface area contributed by atoms with Crippen molar-refractivity contribution in [1.29, 1.82) is 0 Å². The van der Waals surface area contributed by atoms with Crippen LogP contribution in [0.5, 0.6) is 0 Å². The Bertz CT molecular complexity index is 487. The van der Waals surface area contributed by atoms with Gasteiger partial charge in [-0.1, -0.05) is 0 Å². The Balaban J connectivity index is 1.36. The molecule has 114 valence electrons. The van der Waals surface area contributed by atoms with Crippen molar-refractivity contribution in [2.45, 2.75) is 18.9 Å².